The molecule has 132 valence electrons. The first-order valence-corrected chi connectivity index (χ1v) is 9.48. The van der Waals surface area contributed by atoms with Gasteiger partial charge < -0.3 is 0 Å². The van der Waals surface area contributed by atoms with E-state index in [1.165, 1.54) is 25.7 Å². The number of hydrogen-bond acceptors (Lipinski definition) is 0. The maximum Gasteiger partial charge on any atom is -0.0316 e. The summed E-state index contributed by atoms with van der Waals surface area (Å²) in [4.78, 5) is 0. The second kappa shape index (κ2) is 179. The molecule has 0 N–H and O–H groups in total. The first-order valence-electron chi connectivity index (χ1n) is 9.48. The highest BCUT2D eigenvalue weighted by Gasteiger charge is 1.81. The van der Waals surface area contributed by atoms with Crippen molar-refractivity contribution in [2.24, 2.45) is 0 Å². The van der Waals surface area contributed by atoms with Crippen molar-refractivity contribution in [1.29, 1.82) is 0 Å². The molecule has 0 bridgehead atoms. The monoisotopic (exact) mass is 292 g/mol. The molecule has 0 aromatic carbocycles. The van der Waals surface area contributed by atoms with Crippen LogP contribution in [0.4, 0.5) is 0 Å². The van der Waals surface area contributed by atoms with Crippen molar-refractivity contribution < 1.29 is 0 Å². The topological polar surface area (TPSA) is 0 Å². The molecular formula is C20H52. The molecule has 1 aliphatic rings. The van der Waals surface area contributed by atoms with Crippen LogP contribution in [0, 0.1) is 0 Å². The van der Waals surface area contributed by atoms with Crippen LogP contribution in [0.5, 0.6) is 0 Å². The van der Waals surface area contributed by atoms with Gasteiger partial charge in [-0.1, -0.05) is 122 Å². The molecule has 0 heteroatoms. The molecule has 0 amide bonds. The van der Waals surface area contributed by atoms with Gasteiger partial charge in [-0.25, -0.2) is 0 Å². The van der Waals surface area contributed by atoms with E-state index < -0.39 is 0 Å². The van der Waals surface area contributed by atoms with Gasteiger partial charge in [-0.2, -0.15) is 0 Å². The van der Waals surface area contributed by atoms with E-state index >= 15 is 0 Å². The zero-order chi connectivity index (χ0) is 18.2. The van der Waals surface area contributed by atoms with Crippen LogP contribution < -0.4 is 0 Å². The lowest BCUT2D eigenvalue weighted by atomic mass is 10.1. The Kier molecular flexibility index (Phi) is 382. The van der Waals surface area contributed by atoms with Crippen molar-refractivity contribution in [3.8, 4) is 0 Å². The number of hydrogen-bond donors (Lipinski definition) is 0. The van der Waals surface area contributed by atoms with Crippen LogP contribution in [0.25, 0.3) is 0 Å². The smallest absolute Gasteiger partial charge is 0.0316 e. The highest BCUT2D eigenvalue weighted by atomic mass is 13.9. The lowest BCUT2D eigenvalue weighted by molar-refractivity contribution is 0.962. The van der Waals surface area contributed by atoms with Crippen LogP contribution in [-0.4, -0.2) is 0 Å². The molecule has 0 aromatic heterocycles. The summed E-state index contributed by atoms with van der Waals surface area (Å²) in [6.07, 6.45) is 9.50. The quantitative estimate of drug-likeness (QED) is 0.390. The Hall–Kier alpha value is -0.260. The Morgan fingerprint density at radius 1 is 0.450 bits per heavy atom. The maximum atomic E-state index is 2.18. The minimum absolute atomic E-state index is 1.25. The molecule has 0 saturated heterocycles. The van der Waals surface area contributed by atoms with Crippen LogP contribution in [0.1, 0.15) is 123 Å². The fourth-order valence-electron chi connectivity index (χ4n) is 0.167. The zero-order valence-corrected chi connectivity index (χ0v) is 18.0. The molecule has 0 saturated carbocycles. The summed E-state index contributed by atoms with van der Waals surface area (Å²) in [6.45, 7) is 28.5. The van der Waals surface area contributed by atoms with E-state index in [1.54, 1.807) is 0 Å². The molecule has 0 spiro atoms. The van der Waals surface area contributed by atoms with Crippen LogP contribution in [0.2, 0.25) is 0 Å². The van der Waals surface area contributed by atoms with Gasteiger partial charge >= 0.3 is 0 Å². The van der Waals surface area contributed by atoms with Gasteiger partial charge in [0, 0.05) is 0 Å². The van der Waals surface area contributed by atoms with E-state index in [9.17, 15) is 0 Å². The summed E-state index contributed by atoms with van der Waals surface area (Å²) in [7, 11) is 0. The van der Waals surface area contributed by atoms with Gasteiger partial charge in [0.15, 0.2) is 0 Å². The third-order valence-electron chi connectivity index (χ3n) is 0.667. The van der Waals surface area contributed by atoms with Crippen molar-refractivity contribution in [3.05, 3.63) is 12.2 Å². The van der Waals surface area contributed by atoms with Gasteiger partial charge in [0.25, 0.3) is 0 Å². The fraction of sp³-hybridized carbons (Fsp3) is 0.900. The van der Waals surface area contributed by atoms with Crippen molar-refractivity contribution in [2.45, 2.75) is 123 Å². The molecule has 0 aromatic rings. The predicted octanol–water partition coefficient (Wildman–Crippen LogP) is 9.30. The normalized spacial score (nSPS) is 7.30. The molecule has 0 radical (unpaired) electrons. The Morgan fingerprint density at radius 2 is 0.500 bits per heavy atom. The van der Waals surface area contributed by atoms with Crippen molar-refractivity contribution in [2.75, 3.05) is 0 Å². The summed E-state index contributed by atoms with van der Waals surface area (Å²) in [5.41, 5.74) is 0. The molecule has 0 heterocycles. The molecule has 0 nitrogen and oxygen atoms in total. The van der Waals surface area contributed by atoms with Gasteiger partial charge in [0.1, 0.15) is 0 Å². The van der Waals surface area contributed by atoms with E-state index in [1.807, 2.05) is 69.2 Å². The van der Waals surface area contributed by atoms with Gasteiger partial charge in [-0.05, 0) is 12.8 Å². The Balaban J connectivity index is -0.0000000198. The van der Waals surface area contributed by atoms with Crippen molar-refractivity contribution >= 4 is 0 Å². The van der Waals surface area contributed by atoms with Crippen LogP contribution in [-0.2, 0) is 0 Å². The van der Waals surface area contributed by atoms with E-state index in [0.717, 1.165) is 0 Å². The predicted molar refractivity (Wildman–Crippen MR) is 107 cm³/mol. The standard InChI is InChI=1S/C4H6.2C3H8.5C2H6/c1-2-4-3-1;2*1-3-2;5*1-2/h1-2H,3-4H2;2*3H2,1-2H3;5*1-2H3. The van der Waals surface area contributed by atoms with Gasteiger partial charge in [-0.3, -0.25) is 0 Å². The largest absolute Gasteiger partial charge is 0.0882 e. The van der Waals surface area contributed by atoms with Crippen molar-refractivity contribution in [1.82, 2.24) is 0 Å². The Bertz CT molecular complexity index is 45.1. The van der Waals surface area contributed by atoms with E-state index in [4.69, 9.17) is 0 Å². The maximum absolute atomic E-state index is 2.18. The fourth-order valence-corrected chi connectivity index (χ4v) is 0.167. The summed E-state index contributed by atoms with van der Waals surface area (Å²) in [5.74, 6) is 0. The second-order valence-electron chi connectivity index (χ2n) is 2.46. The van der Waals surface area contributed by atoms with Gasteiger partial charge in [-0.15, -0.1) is 0 Å². The summed E-state index contributed by atoms with van der Waals surface area (Å²) in [6, 6.07) is 0. The van der Waals surface area contributed by atoms with Gasteiger partial charge in [0.2, 0.25) is 0 Å². The molecular weight excluding hydrogens is 240 g/mol. The molecule has 0 unspecified atom stereocenters. The van der Waals surface area contributed by atoms with E-state index in [0.29, 0.717) is 0 Å². The Labute approximate surface area is 135 Å². The third-order valence-corrected chi connectivity index (χ3v) is 0.667. The average Bonchev–Trinajstić information content (AvgIpc) is 2.49. The molecule has 20 heavy (non-hydrogen) atoms. The summed E-state index contributed by atoms with van der Waals surface area (Å²) < 4.78 is 0. The molecule has 0 aliphatic heterocycles. The van der Waals surface area contributed by atoms with Gasteiger partial charge in [0.05, 0.1) is 0 Å². The van der Waals surface area contributed by atoms with Crippen LogP contribution in [0.15, 0.2) is 12.2 Å². The van der Waals surface area contributed by atoms with Crippen LogP contribution >= 0.6 is 0 Å². The minimum Gasteiger partial charge on any atom is -0.0882 e. The summed E-state index contributed by atoms with van der Waals surface area (Å²) >= 11 is 0. The lowest BCUT2D eigenvalue weighted by Crippen LogP contribution is -1.71. The second-order valence-corrected chi connectivity index (χ2v) is 2.46. The van der Waals surface area contributed by atoms with Crippen LogP contribution in [0.3, 0.4) is 0 Å². The molecule has 0 fully saturated rings. The molecule has 1 rings (SSSR count). The van der Waals surface area contributed by atoms with E-state index in [-0.39, 0.29) is 0 Å². The third kappa shape index (κ3) is 355. The first kappa shape index (κ1) is 42.7. The SMILES string of the molecule is C1=CCC1.CC.CC.CC.CC.CC.CCC.CCC. The molecule has 1 aliphatic carbocycles. The minimum atomic E-state index is 1.25. The number of allylic oxidation sites excluding steroid dienone is 2. The number of rotatable bonds is 0. The zero-order valence-electron chi connectivity index (χ0n) is 18.0. The molecule has 0 atom stereocenters. The lowest BCUT2D eigenvalue weighted by Gasteiger charge is -1.92. The average molecular weight is 293 g/mol. The highest BCUT2D eigenvalue weighted by molar-refractivity contribution is 4.92. The van der Waals surface area contributed by atoms with E-state index in [2.05, 4.69) is 39.8 Å². The van der Waals surface area contributed by atoms with Crippen molar-refractivity contribution in [3.63, 3.8) is 0 Å². The highest BCUT2D eigenvalue weighted by Crippen LogP contribution is 2.01. The summed E-state index contributed by atoms with van der Waals surface area (Å²) in [5, 5.41) is 0. The first-order chi connectivity index (χ1) is 9.83. The Morgan fingerprint density at radius 3 is 0.500 bits per heavy atom.